The molecular weight excluding hydrogens is 596 g/mol. The van der Waals surface area contributed by atoms with E-state index in [4.69, 9.17) is 17.2 Å². The number of carbonyl (C=O) groups is 8. The number of unbranched alkanes of at least 4 members (excludes halogenated alkanes) is 1. The first-order valence-electron chi connectivity index (χ1n) is 14.6. The number of hydrogen-bond donors (Lipinski definition) is 10. The maximum atomic E-state index is 13.3. The molecule has 13 N–H and O–H groups in total. The molecule has 45 heavy (non-hydrogen) atoms. The Labute approximate surface area is 261 Å². The second-order valence-electron chi connectivity index (χ2n) is 11.0. The molecule has 18 heteroatoms. The van der Waals surface area contributed by atoms with Crippen LogP contribution in [0.15, 0.2) is 0 Å². The third-order valence-electron chi connectivity index (χ3n) is 6.57. The number of carboxylic acids is 2. The first-order chi connectivity index (χ1) is 20.9. The predicted molar refractivity (Wildman–Crippen MR) is 160 cm³/mol. The molecule has 6 amide bonds. The molecule has 6 atom stereocenters. The Morgan fingerprint density at radius 2 is 1.13 bits per heavy atom. The fourth-order valence-electron chi connectivity index (χ4n) is 3.87. The lowest BCUT2D eigenvalue weighted by Gasteiger charge is -2.26. The topological polar surface area (TPSA) is 315 Å². The molecule has 0 saturated carbocycles. The predicted octanol–water partition coefficient (Wildman–Crippen LogP) is -3.22. The molecule has 0 aliphatic carbocycles. The van der Waals surface area contributed by atoms with Gasteiger partial charge in [-0.1, -0.05) is 13.8 Å². The van der Waals surface area contributed by atoms with Crippen LogP contribution in [0.5, 0.6) is 0 Å². The molecule has 18 nitrogen and oxygen atoms in total. The Morgan fingerprint density at radius 1 is 0.622 bits per heavy atom. The zero-order valence-corrected chi connectivity index (χ0v) is 26.1. The van der Waals surface area contributed by atoms with Crippen molar-refractivity contribution in [1.29, 1.82) is 0 Å². The SMILES string of the molecule is CC(C)[C@H](NC(=O)[C@H](C)N)C(=O)N[C@@H](C)C(=O)N[C@@H](CCC(=O)O)C(=O)N[C@@H](CCCCN)C(=O)N[C@@H](CCC(N)=O)C(=O)O. The fourth-order valence-corrected chi connectivity index (χ4v) is 3.87. The molecule has 256 valence electrons. The van der Waals surface area contributed by atoms with Crippen LogP contribution in [0.25, 0.3) is 0 Å². The van der Waals surface area contributed by atoms with E-state index in [0.29, 0.717) is 12.8 Å². The lowest BCUT2D eigenvalue weighted by Crippen LogP contribution is -2.59. The van der Waals surface area contributed by atoms with Crippen LogP contribution < -0.4 is 43.8 Å². The highest BCUT2D eigenvalue weighted by atomic mass is 16.4. The number of rotatable bonds is 22. The van der Waals surface area contributed by atoms with Crippen LogP contribution in [0.3, 0.4) is 0 Å². The van der Waals surface area contributed by atoms with Gasteiger partial charge in [-0.25, -0.2) is 4.79 Å². The zero-order chi connectivity index (χ0) is 34.9. The molecule has 0 spiro atoms. The van der Waals surface area contributed by atoms with Gasteiger partial charge in [-0.05, 0) is 58.4 Å². The quantitative estimate of drug-likeness (QED) is 0.0520. The highest BCUT2D eigenvalue weighted by molar-refractivity contribution is 5.96. The molecular formula is C27H48N8O10. The standard InChI is InChI=1S/C27H48N8O10/c1-13(2)21(35-22(39)14(3)29)26(43)31-15(4)23(40)32-17(9-11-20(37)38)25(42)33-16(7-5-6-12-28)24(41)34-18(27(44)45)8-10-19(30)36/h13-18,21H,5-12,28-29H2,1-4H3,(H2,30,36)(H,31,43)(H,32,40)(H,33,42)(H,34,41)(H,35,39)(H,37,38)(H,44,45)/t14-,15-,16-,17-,18-,21-/m0/s1. The van der Waals surface area contributed by atoms with E-state index >= 15 is 0 Å². The monoisotopic (exact) mass is 644 g/mol. The van der Waals surface area contributed by atoms with Gasteiger partial charge < -0.3 is 54.0 Å². The first-order valence-corrected chi connectivity index (χ1v) is 14.6. The van der Waals surface area contributed by atoms with Crippen molar-refractivity contribution < 1.29 is 48.6 Å². The number of nitrogens with two attached hydrogens (primary N) is 3. The third-order valence-corrected chi connectivity index (χ3v) is 6.57. The Morgan fingerprint density at radius 3 is 1.60 bits per heavy atom. The molecule has 0 aromatic rings. The van der Waals surface area contributed by atoms with E-state index in [-0.39, 0.29) is 38.1 Å². The summed E-state index contributed by atoms with van der Waals surface area (Å²) in [4.78, 5) is 98.1. The van der Waals surface area contributed by atoms with Crippen molar-refractivity contribution in [2.45, 2.75) is 109 Å². The van der Waals surface area contributed by atoms with E-state index in [1.165, 1.54) is 13.8 Å². The van der Waals surface area contributed by atoms with Crippen molar-refractivity contribution >= 4 is 47.4 Å². The summed E-state index contributed by atoms with van der Waals surface area (Å²) in [6.07, 6.45) is -0.728. The maximum Gasteiger partial charge on any atom is 0.326 e. The van der Waals surface area contributed by atoms with E-state index in [2.05, 4.69) is 26.6 Å². The van der Waals surface area contributed by atoms with Gasteiger partial charge in [-0.2, -0.15) is 0 Å². The molecule has 0 unspecified atom stereocenters. The van der Waals surface area contributed by atoms with Crippen LogP contribution >= 0.6 is 0 Å². The molecule has 0 bridgehead atoms. The van der Waals surface area contributed by atoms with Crippen LogP contribution in [0.1, 0.15) is 72.6 Å². The Bertz CT molecular complexity index is 1070. The summed E-state index contributed by atoms with van der Waals surface area (Å²) >= 11 is 0. The van der Waals surface area contributed by atoms with E-state index in [1.807, 2.05) is 0 Å². The van der Waals surface area contributed by atoms with Crippen LogP contribution in [0.2, 0.25) is 0 Å². The first kappa shape index (κ1) is 40.7. The van der Waals surface area contributed by atoms with Crippen molar-refractivity contribution in [1.82, 2.24) is 26.6 Å². The normalized spacial score (nSPS) is 14.9. The van der Waals surface area contributed by atoms with Gasteiger partial charge in [-0.3, -0.25) is 33.6 Å². The van der Waals surface area contributed by atoms with Crippen LogP contribution in [0, 0.1) is 5.92 Å². The van der Waals surface area contributed by atoms with Crippen molar-refractivity contribution in [3.05, 3.63) is 0 Å². The highest BCUT2D eigenvalue weighted by Gasteiger charge is 2.32. The number of nitrogens with one attached hydrogen (secondary N) is 5. The van der Waals surface area contributed by atoms with Gasteiger partial charge in [0.2, 0.25) is 35.4 Å². The van der Waals surface area contributed by atoms with Crippen molar-refractivity contribution in [2.75, 3.05) is 6.54 Å². The molecule has 0 aromatic carbocycles. The summed E-state index contributed by atoms with van der Waals surface area (Å²) in [6, 6.07) is -7.42. The molecule has 0 fully saturated rings. The lowest BCUT2D eigenvalue weighted by molar-refractivity contribution is -0.142. The molecule has 0 aliphatic rings. The molecule has 0 aliphatic heterocycles. The Kier molecular flexibility index (Phi) is 18.6. The van der Waals surface area contributed by atoms with Gasteiger partial charge in [0.25, 0.3) is 0 Å². The van der Waals surface area contributed by atoms with Crippen molar-refractivity contribution in [3.8, 4) is 0 Å². The van der Waals surface area contributed by atoms with E-state index in [1.54, 1.807) is 13.8 Å². The molecule has 0 heterocycles. The van der Waals surface area contributed by atoms with Gasteiger partial charge in [0.05, 0.1) is 6.04 Å². The average molecular weight is 645 g/mol. The minimum Gasteiger partial charge on any atom is -0.481 e. The zero-order valence-electron chi connectivity index (χ0n) is 26.1. The van der Waals surface area contributed by atoms with Gasteiger partial charge in [0.1, 0.15) is 30.2 Å². The minimum atomic E-state index is -1.49. The second-order valence-corrected chi connectivity index (χ2v) is 11.0. The van der Waals surface area contributed by atoms with Crippen molar-refractivity contribution in [2.24, 2.45) is 23.1 Å². The maximum absolute atomic E-state index is 13.3. The molecule has 0 aromatic heterocycles. The van der Waals surface area contributed by atoms with Crippen LogP contribution in [0.4, 0.5) is 0 Å². The van der Waals surface area contributed by atoms with E-state index < -0.39 is 90.1 Å². The number of carbonyl (C=O) groups excluding carboxylic acids is 6. The van der Waals surface area contributed by atoms with Crippen LogP contribution in [-0.2, 0) is 38.4 Å². The Balaban J connectivity index is 5.82. The molecule has 0 rings (SSSR count). The average Bonchev–Trinajstić information content (AvgIpc) is 2.94. The number of primary amides is 1. The summed E-state index contributed by atoms with van der Waals surface area (Å²) in [5.41, 5.74) is 16.1. The van der Waals surface area contributed by atoms with Gasteiger partial charge in [0, 0.05) is 12.8 Å². The summed E-state index contributed by atoms with van der Waals surface area (Å²) in [6.45, 7) is 6.35. The number of hydrogen-bond acceptors (Lipinski definition) is 10. The third kappa shape index (κ3) is 16.4. The Hall–Kier alpha value is -4.32. The van der Waals surface area contributed by atoms with Gasteiger partial charge in [-0.15, -0.1) is 0 Å². The smallest absolute Gasteiger partial charge is 0.326 e. The van der Waals surface area contributed by atoms with E-state index in [0.717, 1.165) is 0 Å². The highest BCUT2D eigenvalue weighted by Crippen LogP contribution is 2.08. The van der Waals surface area contributed by atoms with Crippen molar-refractivity contribution in [3.63, 3.8) is 0 Å². The van der Waals surface area contributed by atoms with Gasteiger partial charge >= 0.3 is 11.9 Å². The fraction of sp³-hybridized carbons (Fsp3) is 0.704. The summed E-state index contributed by atoms with van der Waals surface area (Å²) in [5.74, 6) is -7.85. The van der Waals surface area contributed by atoms with Gasteiger partial charge in [0.15, 0.2) is 0 Å². The molecule has 0 radical (unpaired) electrons. The number of carboxylic acid groups (broad SMARTS) is 2. The lowest BCUT2D eigenvalue weighted by atomic mass is 10.0. The summed E-state index contributed by atoms with van der Waals surface area (Å²) in [5, 5.41) is 30.6. The second kappa shape index (κ2) is 20.6. The number of amides is 6. The molecule has 0 saturated heterocycles. The van der Waals surface area contributed by atoms with Crippen LogP contribution in [-0.4, -0.2) is 100 Å². The summed E-state index contributed by atoms with van der Waals surface area (Å²) < 4.78 is 0. The largest absolute Gasteiger partial charge is 0.481 e. The summed E-state index contributed by atoms with van der Waals surface area (Å²) in [7, 11) is 0. The minimum absolute atomic E-state index is 0.0206. The number of aliphatic carboxylic acids is 2. The van der Waals surface area contributed by atoms with E-state index in [9.17, 15) is 48.6 Å².